The zero-order valence-electron chi connectivity index (χ0n) is 13.2. The van der Waals surface area contributed by atoms with Crippen LogP contribution in [-0.4, -0.2) is 23.5 Å². The molecule has 0 heterocycles. The van der Waals surface area contributed by atoms with E-state index in [1.54, 1.807) is 12.1 Å². The Bertz CT molecular complexity index is 543. The van der Waals surface area contributed by atoms with Gasteiger partial charge in [0.25, 0.3) is 5.69 Å². The van der Waals surface area contributed by atoms with Gasteiger partial charge in [-0.3, -0.25) is 19.7 Å². The fourth-order valence-corrected chi connectivity index (χ4v) is 1.82. The molecule has 0 spiro atoms. The van der Waals surface area contributed by atoms with Crippen LogP contribution in [0.3, 0.4) is 0 Å². The number of ether oxygens (including phenoxy) is 2. The molecule has 0 fully saturated rings. The van der Waals surface area contributed by atoms with Gasteiger partial charge in [-0.15, -0.1) is 0 Å². The van der Waals surface area contributed by atoms with Gasteiger partial charge in [0.2, 0.25) is 0 Å². The van der Waals surface area contributed by atoms with Gasteiger partial charge in [0.1, 0.15) is 6.61 Å². The van der Waals surface area contributed by atoms with Crippen molar-refractivity contribution in [3.8, 4) is 0 Å². The maximum absolute atomic E-state index is 11.6. The van der Waals surface area contributed by atoms with Crippen molar-refractivity contribution in [2.75, 3.05) is 6.61 Å². The van der Waals surface area contributed by atoms with Crippen LogP contribution in [0.25, 0.3) is 0 Å². The van der Waals surface area contributed by atoms with Crippen molar-refractivity contribution in [3.63, 3.8) is 0 Å². The van der Waals surface area contributed by atoms with Crippen LogP contribution in [0.5, 0.6) is 0 Å². The molecule has 7 nitrogen and oxygen atoms in total. The number of esters is 2. The molecule has 0 aromatic heterocycles. The molecule has 1 rings (SSSR count). The highest BCUT2D eigenvalue weighted by molar-refractivity contribution is 5.72. The fourth-order valence-electron chi connectivity index (χ4n) is 1.82. The highest BCUT2D eigenvalue weighted by Crippen LogP contribution is 2.18. The van der Waals surface area contributed by atoms with Crippen molar-refractivity contribution >= 4 is 17.6 Å². The van der Waals surface area contributed by atoms with Crippen LogP contribution in [0, 0.1) is 10.1 Å². The summed E-state index contributed by atoms with van der Waals surface area (Å²) in [4.78, 5) is 33.3. The van der Waals surface area contributed by atoms with Gasteiger partial charge in [-0.1, -0.05) is 25.5 Å². The highest BCUT2D eigenvalue weighted by Gasteiger charge is 2.14. The number of nitro groups is 1. The Labute approximate surface area is 134 Å². The summed E-state index contributed by atoms with van der Waals surface area (Å²) >= 11 is 0. The van der Waals surface area contributed by atoms with Crippen molar-refractivity contribution < 1.29 is 24.0 Å². The lowest BCUT2D eigenvalue weighted by atomic mass is 10.2. The first-order valence-corrected chi connectivity index (χ1v) is 7.58. The molecule has 0 bridgehead atoms. The molecule has 1 aromatic carbocycles. The van der Waals surface area contributed by atoms with E-state index in [1.165, 1.54) is 12.1 Å². The van der Waals surface area contributed by atoms with Crippen LogP contribution >= 0.6 is 0 Å². The second kappa shape index (κ2) is 10.3. The third-order valence-electron chi connectivity index (χ3n) is 3.10. The van der Waals surface area contributed by atoms with E-state index >= 15 is 0 Å². The van der Waals surface area contributed by atoms with E-state index in [-0.39, 0.29) is 31.1 Å². The highest BCUT2D eigenvalue weighted by atomic mass is 16.6. The smallest absolute Gasteiger partial charge is 0.306 e. The van der Waals surface area contributed by atoms with E-state index in [2.05, 4.69) is 0 Å². The van der Waals surface area contributed by atoms with Crippen molar-refractivity contribution in [3.05, 3.63) is 39.9 Å². The predicted octanol–water partition coefficient (Wildman–Crippen LogP) is 3.15. The third-order valence-corrected chi connectivity index (χ3v) is 3.10. The summed E-state index contributed by atoms with van der Waals surface area (Å²) < 4.78 is 9.97. The lowest BCUT2D eigenvalue weighted by Gasteiger charge is -2.06. The molecule has 0 saturated heterocycles. The van der Waals surface area contributed by atoms with E-state index in [9.17, 15) is 19.7 Å². The van der Waals surface area contributed by atoms with E-state index in [1.807, 2.05) is 6.92 Å². The summed E-state index contributed by atoms with van der Waals surface area (Å²) in [7, 11) is 0. The normalized spacial score (nSPS) is 10.1. The largest absolute Gasteiger partial charge is 0.466 e. The van der Waals surface area contributed by atoms with Crippen LogP contribution in [0.1, 0.15) is 44.6 Å². The quantitative estimate of drug-likeness (QED) is 0.284. The summed E-state index contributed by atoms with van der Waals surface area (Å²) in [6, 6.07) is 6.09. The van der Waals surface area contributed by atoms with Crippen molar-refractivity contribution in [1.29, 1.82) is 0 Å². The first-order chi connectivity index (χ1) is 11.0. The van der Waals surface area contributed by atoms with Gasteiger partial charge in [0.15, 0.2) is 0 Å². The summed E-state index contributed by atoms with van der Waals surface area (Å²) in [6.07, 6.45) is 2.34. The van der Waals surface area contributed by atoms with Crippen LogP contribution in [0.2, 0.25) is 0 Å². The number of benzene rings is 1. The number of hydrogen-bond donors (Lipinski definition) is 0. The lowest BCUT2D eigenvalue weighted by Crippen LogP contribution is -2.09. The maximum atomic E-state index is 11.6. The molecule has 23 heavy (non-hydrogen) atoms. The summed E-state index contributed by atoms with van der Waals surface area (Å²) in [5.41, 5.74) is 0.254. The molecule has 0 atom stereocenters. The predicted molar refractivity (Wildman–Crippen MR) is 82.6 cm³/mol. The number of carbonyl (C=O) groups excluding carboxylic acids is 2. The Morgan fingerprint density at radius 1 is 1.09 bits per heavy atom. The van der Waals surface area contributed by atoms with Crippen LogP contribution in [0.4, 0.5) is 5.69 Å². The number of hydrogen-bond acceptors (Lipinski definition) is 6. The van der Waals surface area contributed by atoms with Crippen molar-refractivity contribution in [1.82, 2.24) is 0 Å². The van der Waals surface area contributed by atoms with Gasteiger partial charge < -0.3 is 9.47 Å². The SMILES string of the molecule is CCCCOC(=O)CCCC(=O)OCc1ccccc1[N+](=O)[O-]. The lowest BCUT2D eigenvalue weighted by molar-refractivity contribution is -0.385. The van der Waals surface area contributed by atoms with Gasteiger partial charge >= 0.3 is 11.9 Å². The van der Waals surface area contributed by atoms with Crippen molar-refractivity contribution in [2.24, 2.45) is 0 Å². The van der Waals surface area contributed by atoms with Gasteiger partial charge in [0, 0.05) is 18.9 Å². The number of nitrogens with zero attached hydrogens (tertiary/aromatic N) is 1. The molecule has 0 amide bonds. The number of nitro benzene ring substituents is 1. The zero-order valence-corrected chi connectivity index (χ0v) is 13.2. The summed E-state index contributed by atoms with van der Waals surface area (Å²) in [5.74, 6) is -0.825. The van der Waals surface area contributed by atoms with Gasteiger partial charge in [-0.2, -0.15) is 0 Å². The van der Waals surface area contributed by atoms with Crippen LogP contribution in [-0.2, 0) is 25.7 Å². The average Bonchev–Trinajstić information content (AvgIpc) is 2.53. The van der Waals surface area contributed by atoms with Gasteiger partial charge in [0.05, 0.1) is 17.1 Å². The van der Waals surface area contributed by atoms with E-state index in [0.717, 1.165) is 12.8 Å². The molecule has 0 aliphatic carbocycles. The molecule has 1 aromatic rings. The molecule has 0 aliphatic rings. The Morgan fingerprint density at radius 3 is 2.39 bits per heavy atom. The number of para-hydroxylation sites is 1. The summed E-state index contributed by atoms with van der Waals surface area (Å²) in [5, 5.41) is 10.8. The summed E-state index contributed by atoms with van der Waals surface area (Å²) in [6.45, 7) is 2.25. The topological polar surface area (TPSA) is 95.7 Å². The Balaban J connectivity index is 2.27. The minimum absolute atomic E-state index is 0.0729. The Morgan fingerprint density at radius 2 is 1.74 bits per heavy atom. The number of carbonyl (C=O) groups is 2. The molecule has 0 aliphatic heterocycles. The van der Waals surface area contributed by atoms with Crippen LogP contribution < -0.4 is 0 Å². The monoisotopic (exact) mass is 323 g/mol. The second-order valence-corrected chi connectivity index (χ2v) is 4.97. The first-order valence-electron chi connectivity index (χ1n) is 7.58. The molecule has 7 heteroatoms. The standard InChI is InChI=1S/C16H21NO6/c1-2-3-11-22-15(18)9-6-10-16(19)23-12-13-7-4-5-8-14(13)17(20)21/h4-5,7-8H,2-3,6,9-12H2,1H3. The third kappa shape index (κ3) is 7.39. The average molecular weight is 323 g/mol. The zero-order chi connectivity index (χ0) is 17.1. The van der Waals surface area contributed by atoms with Gasteiger partial charge in [-0.25, -0.2) is 0 Å². The second-order valence-electron chi connectivity index (χ2n) is 4.97. The molecule has 0 N–H and O–H groups in total. The molecule has 0 saturated carbocycles. The van der Waals surface area contributed by atoms with Crippen LogP contribution in [0.15, 0.2) is 24.3 Å². The van der Waals surface area contributed by atoms with Crippen molar-refractivity contribution in [2.45, 2.75) is 45.6 Å². The molecule has 0 radical (unpaired) electrons. The minimum atomic E-state index is -0.518. The Kier molecular flexibility index (Phi) is 8.34. The molecule has 126 valence electrons. The minimum Gasteiger partial charge on any atom is -0.466 e. The Hall–Kier alpha value is -2.44. The first kappa shape index (κ1) is 18.6. The van der Waals surface area contributed by atoms with E-state index < -0.39 is 10.9 Å². The van der Waals surface area contributed by atoms with E-state index in [0.29, 0.717) is 18.6 Å². The maximum Gasteiger partial charge on any atom is 0.306 e. The fraction of sp³-hybridized carbons (Fsp3) is 0.500. The molecular formula is C16H21NO6. The number of rotatable bonds is 10. The molecular weight excluding hydrogens is 302 g/mol. The molecule has 0 unspecified atom stereocenters. The van der Waals surface area contributed by atoms with E-state index in [4.69, 9.17) is 9.47 Å². The van der Waals surface area contributed by atoms with Gasteiger partial charge in [-0.05, 0) is 18.9 Å². The number of unbranched alkanes of at least 4 members (excludes halogenated alkanes) is 1.